The minimum absolute atomic E-state index is 0.120. The number of methoxy groups -OCH3 is 1. The molecule has 1 heterocycles. The van der Waals surface area contributed by atoms with E-state index in [2.05, 4.69) is 4.99 Å². The molecule has 1 N–H and O–H groups in total. The van der Waals surface area contributed by atoms with E-state index in [0.29, 0.717) is 5.71 Å². The van der Waals surface area contributed by atoms with E-state index in [1.165, 1.54) is 7.11 Å². The molecule has 76 valence electrons. The zero-order valence-corrected chi connectivity index (χ0v) is 8.06. The van der Waals surface area contributed by atoms with E-state index < -0.39 is 6.48 Å². The van der Waals surface area contributed by atoms with Crippen molar-refractivity contribution >= 4 is 5.71 Å². The van der Waals surface area contributed by atoms with Gasteiger partial charge in [-0.3, -0.25) is 4.99 Å². The summed E-state index contributed by atoms with van der Waals surface area (Å²) in [5.74, 6) is 0. The van der Waals surface area contributed by atoms with Crippen LogP contribution in [0.2, 0.25) is 0 Å². The molecule has 0 spiro atoms. The summed E-state index contributed by atoms with van der Waals surface area (Å²) in [4.78, 5) is 3.91. The zero-order chi connectivity index (χ0) is 9.84. The maximum absolute atomic E-state index is 8.96. The average molecular weight is 189 g/mol. The van der Waals surface area contributed by atoms with Gasteiger partial charge in [0.05, 0.1) is 18.4 Å². The van der Waals surface area contributed by atoms with Crippen molar-refractivity contribution in [2.45, 2.75) is 25.6 Å². The molecular weight excluding hydrogens is 174 g/mol. The Balaban J connectivity index is 2.61. The molecule has 1 fully saturated rings. The van der Waals surface area contributed by atoms with E-state index in [4.69, 9.17) is 19.3 Å². The first-order valence-electron chi connectivity index (χ1n) is 4.13. The maximum atomic E-state index is 8.96. The van der Waals surface area contributed by atoms with Crippen molar-refractivity contribution in [1.82, 2.24) is 0 Å². The first kappa shape index (κ1) is 10.6. The highest BCUT2D eigenvalue weighted by atomic mass is 16.9. The molecule has 3 atom stereocenters. The summed E-state index contributed by atoms with van der Waals surface area (Å²) in [6.45, 7) is 1.08. The predicted molar refractivity (Wildman–Crippen MR) is 46.7 cm³/mol. The summed E-state index contributed by atoms with van der Waals surface area (Å²) in [7, 11) is 3.11. The Morgan fingerprint density at radius 2 is 2.23 bits per heavy atom. The number of aliphatic hydroxyl groups is 1. The predicted octanol–water partition coefficient (Wildman–Crippen LogP) is -0.217. The van der Waals surface area contributed by atoms with E-state index in [-0.39, 0.29) is 18.8 Å². The molecule has 0 saturated carbocycles. The Morgan fingerprint density at radius 3 is 2.62 bits per heavy atom. The van der Waals surface area contributed by atoms with Gasteiger partial charge in [0.25, 0.3) is 6.48 Å². The van der Waals surface area contributed by atoms with E-state index in [0.717, 1.165) is 0 Å². The molecule has 1 rings (SSSR count). The average Bonchev–Trinajstić information content (AvgIpc) is 2.50. The first-order valence-corrected chi connectivity index (χ1v) is 4.13. The number of hydrogen-bond donors (Lipinski definition) is 1. The lowest BCUT2D eigenvalue weighted by Gasteiger charge is -2.12. The third-order valence-corrected chi connectivity index (χ3v) is 1.98. The molecule has 0 amide bonds. The summed E-state index contributed by atoms with van der Waals surface area (Å²) < 4.78 is 15.5. The molecule has 5 nitrogen and oxygen atoms in total. The number of hydrogen-bond acceptors (Lipinski definition) is 5. The first-order chi connectivity index (χ1) is 6.22. The molecule has 0 aromatic rings. The van der Waals surface area contributed by atoms with E-state index in [9.17, 15) is 0 Å². The second-order valence-electron chi connectivity index (χ2n) is 2.80. The van der Waals surface area contributed by atoms with Crippen LogP contribution in [-0.4, -0.2) is 50.3 Å². The van der Waals surface area contributed by atoms with E-state index >= 15 is 0 Å². The van der Waals surface area contributed by atoms with E-state index in [1.807, 2.05) is 6.92 Å². The Kier molecular flexibility index (Phi) is 3.80. The molecule has 0 aromatic heterocycles. The van der Waals surface area contributed by atoms with E-state index in [1.54, 1.807) is 7.05 Å². The van der Waals surface area contributed by atoms with Crippen LogP contribution >= 0.6 is 0 Å². The molecule has 1 saturated heterocycles. The second-order valence-corrected chi connectivity index (χ2v) is 2.80. The molecule has 0 radical (unpaired) electrons. The fourth-order valence-electron chi connectivity index (χ4n) is 1.26. The second kappa shape index (κ2) is 4.66. The highest BCUT2D eigenvalue weighted by Gasteiger charge is 2.35. The topological polar surface area (TPSA) is 60.3 Å². The molecular formula is C8H15NO4. The summed E-state index contributed by atoms with van der Waals surface area (Å²) in [5.41, 5.74) is 0.576. The molecule has 0 aliphatic carbocycles. The molecule has 0 aromatic carbocycles. The van der Waals surface area contributed by atoms with Crippen LogP contribution in [0.3, 0.4) is 0 Å². The van der Waals surface area contributed by atoms with Crippen LogP contribution in [0.25, 0.3) is 0 Å². The molecule has 13 heavy (non-hydrogen) atoms. The molecule has 5 heteroatoms. The Labute approximate surface area is 77.3 Å². The zero-order valence-electron chi connectivity index (χ0n) is 8.06. The quantitative estimate of drug-likeness (QED) is 0.624. The Bertz CT molecular complexity index is 195. The van der Waals surface area contributed by atoms with Gasteiger partial charge < -0.3 is 19.3 Å². The van der Waals surface area contributed by atoms with Crippen LogP contribution in [0, 0.1) is 0 Å². The van der Waals surface area contributed by atoms with Gasteiger partial charge in [-0.2, -0.15) is 0 Å². The third-order valence-electron chi connectivity index (χ3n) is 1.98. The van der Waals surface area contributed by atoms with Gasteiger partial charge in [0.1, 0.15) is 6.10 Å². The van der Waals surface area contributed by atoms with Crippen LogP contribution in [0.15, 0.2) is 4.99 Å². The third kappa shape index (κ3) is 2.25. The standard InChI is InChI=1S/C8H15NO4/c1-5-7(6(4-10)9-2)13-8(11-3)12-5/h5,7-8,10H,4H2,1-3H3/b9-6+. The van der Waals surface area contributed by atoms with Crippen molar-refractivity contribution in [1.29, 1.82) is 0 Å². The number of aliphatic imine (C=N–C) groups is 1. The van der Waals surface area contributed by atoms with Gasteiger partial charge in [0, 0.05) is 14.2 Å². The monoisotopic (exact) mass is 189 g/mol. The maximum Gasteiger partial charge on any atom is 0.272 e. The van der Waals surface area contributed by atoms with Gasteiger partial charge in [-0.1, -0.05) is 0 Å². The number of ether oxygens (including phenoxy) is 3. The lowest BCUT2D eigenvalue weighted by molar-refractivity contribution is -0.224. The van der Waals surface area contributed by atoms with Gasteiger partial charge in [-0.15, -0.1) is 0 Å². The normalized spacial score (nSPS) is 35.4. The minimum Gasteiger partial charge on any atom is -0.390 e. The van der Waals surface area contributed by atoms with Gasteiger partial charge in [0.15, 0.2) is 0 Å². The lowest BCUT2D eigenvalue weighted by Crippen LogP contribution is -2.31. The SMILES string of the molecule is C/N=C(\CO)C1OC(OC)OC1C. The smallest absolute Gasteiger partial charge is 0.272 e. The summed E-state index contributed by atoms with van der Waals surface area (Å²) in [5, 5.41) is 8.96. The van der Waals surface area contributed by atoms with Gasteiger partial charge in [0.2, 0.25) is 0 Å². The van der Waals surface area contributed by atoms with Crippen molar-refractivity contribution in [3.8, 4) is 0 Å². The van der Waals surface area contributed by atoms with Crippen molar-refractivity contribution in [2.75, 3.05) is 20.8 Å². The molecule has 3 unspecified atom stereocenters. The van der Waals surface area contributed by atoms with Crippen LogP contribution in [-0.2, 0) is 14.2 Å². The fourth-order valence-corrected chi connectivity index (χ4v) is 1.26. The Hall–Kier alpha value is -0.490. The molecule has 1 aliphatic heterocycles. The van der Waals surface area contributed by atoms with Crippen LogP contribution in [0.4, 0.5) is 0 Å². The number of nitrogens with zero attached hydrogens (tertiary/aromatic N) is 1. The fraction of sp³-hybridized carbons (Fsp3) is 0.875. The van der Waals surface area contributed by atoms with Gasteiger partial charge >= 0.3 is 0 Å². The van der Waals surface area contributed by atoms with Crippen LogP contribution in [0.5, 0.6) is 0 Å². The highest BCUT2D eigenvalue weighted by Crippen LogP contribution is 2.20. The molecule has 0 bridgehead atoms. The number of aliphatic hydroxyl groups excluding tert-OH is 1. The van der Waals surface area contributed by atoms with Crippen molar-refractivity contribution < 1.29 is 19.3 Å². The van der Waals surface area contributed by atoms with Crippen LogP contribution in [0.1, 0.15) is 6.92 Å². The van der Waals surface area contributed by atoms with Crippen molar-refractivity contribution in [3.63, 3.8) is 0 Å². The molecule has 1 aliphatic rings. The van der Waals surface area contributed by atoms with Crippen molar-refractivity contribution in [3.05, 3.63) is 0 Å². The summed E-state index contributed by atoms with van der Waals surface area (Å²) in [6, 6.07) is 0. The minimum atomic E-state index is -0.650. The van der Waals surface area contributed by atoms with Gasteiger partial charge in [-0.05, 0) is 6.92 Å². The highest BCUT2D eigenvalue weighted by molar-refractivity contribution is 5.90. The van der Waals surface area contributed by atoms with Crippen molar-refractivity contribution in [2.24, 2.45) is 4.99 Å². The largest absolute Gasteiger partial charge is 0.390 e. The van der Waals surface area contributed by atoms with Gasteiger partial charge in [-0.25, -0.2) is 0 Å². The summed E-state index contributed by atoms with van der Waals surface area (Å²) in [6.07, 6.45) is -0.448. The summed E-state index contributed by atoms with van der Waals surface area (Å²) >= 11 is 0. The number of rotatable bonds is 3. The lowest BCUT2D eigenvalue weighted by atomic mass is 10.1. The van der Waals surface area contributed by atoms with Crippen LogP contribution < -0.4 is 0 Å². The Morgan fingerprint density at radius 1 is 1.54 bits per heavy atom.